The Balaban J connectivity index is 1.98. The van der Waals surface area contributed by atoms with Crippen LogP contribution in [0.5, 0.6) is 5.75 Å². The second-order valence-electron chi connectivity index (χ2n) is 5.04. The van der Waals surface area contributed by atoms with Gasteiger partial charge in [0, 0.05) is 21.5 Å². The summed E-state index contributed by atoms with van der Waals surface area (Å²) in [6.45, 7) is 2.01. The van der Waals surface area contributed by atoms with Crippen LogP contribution in [0.1, 0.15) is 35.3 Å². The molecule has 1 aliphatic heterocycles. The zero-order valence-corrected chi connectivity index (χ0v) is 13.3. The van der Waals surface area contributed by atoms with Crippen LogP contribution in [0, 0.1) is 6.92 Å². The molecule has 2 unspecified atom stereocenters. The Bertz CT molecular complexity index is 657. The molecule has 0 aromatic heterocycles. The van der Waals surface area contributed by atoms with Gasteiger partial charge < -0.3 is 9.84 Å². The van der Waals surface area contributed by atoms with Gasteiger partial charge in [-0.2, -0.15) is 0 Å². The maximum atomic E-state index is 10.3. The van der Waals surface area contributed by atoms with Crippen LogP contribution in [0.15, 0.2) is 40.9 Å². The van der Waals surface area contributed by atoms with E-state index in [0.29, 0.717) is 11.4 Å². The van der Waals surface area contributed by atoms with Crippen molar-refractivity contribution in [3.63, 3.8) is 0 Å². The number of aliphatic hydroxyl groups excluding tert-OH is 1. The first-order valence-corrected chi connectivity index (χ1v) is 7.62. The summed E-state index contributed by atoms with van der Waals surface area (Å²) in [6, 6.07) is 11.5. The second-order valence-corrected chi connectivity index (χ2v) is 6.39. The Morgan fingerprint density at radius 3 is 2.70 bits per heavy atom. The van der Waals surface area contributed by atoms with Crippen LogP contribution in [0.25, 0.3) is 0 Å². The molecular formula is C16H14BrClO2. The molecule has 2 aromatic carbocycles. The molecule has 2 nitrogen and oxygen atoms in total. The number of hydrogen-bond donors (Lipinski definition) is 1. The van der Waals surface area contributed by atoms with E-state index in [-0.39, 0.29) is 6.10 Å². The minimum atomic E-state index is -0.507. The Kier molecular flexibility index (Phi) is 3.76. The number of rotatable bonds is 1. The number of aryl methyl sites for hydroxylation is 1. The highest BCUT2D eigenvalue weighted by atomic mass is 79.9. The Morgan fingerprint density at radius 2 is 1.95 bits per heavy atom. The van der Waals surface area contributed by atoms with Crippen LogP contribution in [-0.4, -0.2) is 5.11 Å². The number of ether oxygens (including phenoxy) is 1. The molecule has 0 saturated carbocycles. The van der Waals surface area contributed by atoms with Gasteiger partial charge in [0.15, 0.2) is 0 Å². The Hall–Kier alpha value is -1.03. The molecule has 2 aromatic rings. The molecule has 1 heterocycles. The molecule has 0 fully saturated rings. The monoisotopic (exact) mass is 352 g/mol. The summed E-state index contributed by atoms with van der Waals surface area (Å²) < 4.78 is 7.00. The van der Waals surface area contributed by atoms with Crippen molar-refractivity contribution in [2.75, 3.05) is 0 Å². The van der Waals surface area contributed by atoms with Gasteiger partial charge in [-0.05, 0) is 42.3 Å². The minimum absolute atomic E-state index is 0.149. The standard InChI is InChI=1S/C16H14BrClO2/c1-9-6-11(18)3-5-12(9)16-8-14(19)13-4-2-10(17)7-15(13)20-16/h2-7,14,16,19H,8H2,1H3. The Morgan fingerprint density at radius 1 is 1.20 bits per heavy atom. The van der Waals surface area contributed by atoms with Crippen molar-refractivity contribution in [2.24, 2.45) is 0 Å². The van der Waals surface area contributed by atoms with E-state index in [4.69, 9.17) is 16.3 Å². The first-order chi connectivity index (χ1) is 9.54. The highest BCUT2D eigenvalue weighted by Gasteiger charge is 2.28. The molecule has 0 bridgehead atoms. The van der Waals surface area contributed by atoms with Crippen molar-refractivity contribution in [1.29, 1.82) is 0 Å². The fraction of sp³-hybridized carbons (Fsp3) is 0.250. The number of fused-ring (bicyclic) bond motifs is 1. The van der Waals surface area contributed by atoms with Crippen molar-refractivity contribution >= 4 is 27.5 Å². The zero-order valence-electron chi connectivity index (χ0n) is 10.9. The molecule has 1 N–H and O–H groups in total. The van der Waals surface area contributed by atoms with Crippen molar-refractivity contribution < 1.29 is 9.84 Å². The Labute approximate surface area is 131 Å². The van der Waals surface area contributed by atoms with Gasteiger partial charge in [-0.25, -0.2) is 0 Å². The SMILES string of the molecule is Cc1cc(Cl)ccc1C1CC(O)c2ccc(Br)cc2O1. The third kappa shape index (κ3) is 2.58. The number of hydrogen-bond acceptors (Lipinski definition) is 2. The van der Waals surface area contributed by atoms with E-state index in [9.17, 15) is 5.11 Å². The maximum absolute atomic E-state index is 10.3. The average Bonchev–Trinajstić information content (AvgIpc) is 2.37. The molecule has 0 amide bonds. The highest BCUT2D eigenvalue weighted by Crippen LogP contribution is 2.42. The normalized spacial score (nSPS) is 21.2. The summed E-state index contributed by atoms with van der Waals surface area (Å²) in [6.07, 6.45) is -0.104. The van der Waals surface area contributed by atoms with Gasteiger partial charge in [-0.3, -0.25) is 0 Å². The van der Waals surface area contributed by atoms with Gasteiger partial charge in [0.25, 0.3) is 0 Å². The zero-order chi connectivity index (χ0) is 14.3. The van der Waals surface area contributed by atoms with E-state index < -0.39 is 6.10 Å². The van der Waals surface area contributed by atoms with Crippen molar-refractivity contribution in [1.82, 2.24) is 0 Å². The lowest BCUT2D eigenvalue weighted by atomic mass is 9.93. The first-order valence-electron chi connectivity index (χ1n) is 6.45. The summed E-state index contributed by atoms with van der Waals surface area (Å²) in [5.74, 6) is 0.734. The number of halogens is 2. The van der Waals surface area contributed by atoms with Gasteiger partial charge in [0.2, 0.25) is 0 Å². The molecule has 0 radical (unpaired) electrons. The van der Waals surface area contributed by atoms with Gasteiger partial charge in [-0.15, -0.1) is 0 Å². The summed E-state index contributed by atoms with van der Waals surface area (Å²) in [7, 11) is 0. The van der Waals surface area contributed by atoms with Gasteiger partial charge in [-0.1, -0.05) is 39.7 Å². The highest BCUT2D eigenvalue weighted by molar-refractivity contribution is 9.10. The topological polar surface area (TPSA) is 29.5 Å². The van der Waals surface area contributed by atoms with Crippen LogP contribution >= 0.6 is 27.5 Å². The van der Waals surface area contributed by atoms with E-state index in [0.717, 1.165) is 26.9 Å². The fourth-order valence-electron chi connectivity index (χ4n) is 2.61. The molecular weight excluding hydrogens is 340 g/mol. The fourth-order valence-corrected chi connectivity index (χ4v) is 3.17. The lowest BCUT2D eigenvalue weighted by Gasteiger charge is -2.30. The molecule has 3 rings (SSSR count). The maximum Gasteiger partial charge on any atom is 0.127 e. The van der Waals surface area contributed by atoms with Crippen LogP contribution in [0.2, 0.25) is 5.02 Å². The lowest BCUT2D eigenvalue weighted by Crippen LogP contribution is -2.19. The molecule has 0 spiro atoms. The van der Waals surface area contributed by atoms with Crippen molar-refractivity contribution in [3.05, 3.63) is 62.6 Å². The van der Waals surface area contributed by atoms with Gasteiger partial charge in [0.1, 0.15) is 11.9 Å². The molecule has 1 aliphatic rings. The summed E-state index contributed by atoms with van der Waals surface area (Å²) in [5, 5.41) is 11.0. The van der Waals surface area contributed by atoms with E-state index in [2.05, 4.69) is 15.9 Å². The third-order valence-electron chi connectivity index (χ3n) is 3.62. The van der Waals surface area contributed by atoms with Gasteiger partial charge >= 0.3 is 0 Å². The predicted octanol–water partition coefficient (Wildman–Crippen LogP) is 4.97. The molecule has 0 saturated heterocycles. The smallest absolute Gasteiger partial charge is 0.127 e. The molecule has 4 heteroatoms. The number of benzene rings is 2. The second kappa shape index (κ2) is 5.40. The summed E-state index contributed by atoms with van der Waals surface area (Å²) in [5.41, 5.74) is 2.99. The van der Waals surface area contributed by atoms with E-state index in [1.54, 1.807) is 0 Å². The summed E-state index contributed by atoms with van der Waals surface area (Å²) >= 11 is 9.42. The van der Waals surface area contributed by atoms with Crippen LogP contribution in [0.4, 0.5) is 0 Å². The largest absolute Gasteiger partial charge is 0.485 e. The first kappa shape index (κ1) is 13.9. The van der Waals surface area contributed by atoms with Crippen LogP contribution in [-0.2, 0) is 0 Å². The van der Waals surface area contributed by atoms with E-state index in [1.807, 2.05) is 43.3 Å². The third-order valence-corrected chi connectivity index (χ3v) is 4.35. The van der Waals surface area contributed by atoms with Crippen LogP contribution < -0.4 is 4.74 Å². The molecule has 2 atom stereocenters. The van der Waals surface area contributed by atoms with Crippen molar-refractivity contribution in [3.8, 4) is 5.75 Å². The minimum Gasteiger partial charge on any atom is -0.485 e. The average molecular weight is 354 g/mol. The van der Waals surface area contributed by atoms with Gasteiger partial charge in [0.05, 0.1) is 6.10 Å². The number of aliphatic hydroxyl groups is 1. The molecule has 104 valence electrons. The van der Waals surface area contributed by atoms with E-state index in [1.165, 1.54) is 0 Å². The van der Waals surface area contributed by atoms with Crippen LogP contribution in [0.3, 0.4) is 0 Å². The van der Waals surface area contributed by atoms with E-state index >= 15 is 0 Å². The molecule has 0 aliphatic carbocycles. The van der Waals surface area contributed by atoms with Crippen molar-refractivity contribution in [2.45, 2.75) is 25.6 Å². The lowest BCUT2D eigenvalue weighted by molar-refractivity contribution is 0.0654. The summed E-state index contributed by atoms with van der Waals surface area (Å²) in [4.78, 5) is 0. The molecule has 20 heavy (non-hydrogen) atoms. The predicted molar refractivity (Wildman–Crippen MR) is 83.3 cm³/mol. The quantitative estimate of drug-likeness (QED) is 0.784.